The van der Waals surface area contributed by atoms with Crippen LogP contribution in [0.2, 0.25) is 4.34 Å². The van der Waals surface area contributed by atoms with Crippen LogP contribution in [0.1, 0.15) is 18.2 Å². The molecule has 1 atom stereocenters. The van der Waals surface area contributed by atoms with E-state index in [1.165, 1.54) is 4.88 Å². The van der Waals surface area contributed by atoms with Crippen LogP contribution in [0.25, 0.3) is 0 Å². The van der Waals surface area contributed by atoms with Crippen LogP contribution in [-0.2, 0) is 6.54 Å². The molecule has 0 aliphatic carbocycles. The lowest BCUT2D eigenvalue weighted by Crippen LogP contribution is -2.25. The highest BCUT2D eigenvalue weighted by atomic mass is 79.9. The zero-order chi connectivity index (χ0) is 10.6. The average molecular weight is 299 g/mol. The maximum atomic E-state index is 9.30. The van der Waals surface area contributed by atoms with Crippen molar-refractivity contribution in [2.24, 2.45) is 0 Å². The predicted octanol–water partition coefficient (Wildman–Crippen LogP) is 3.02. The summed E-state index contributed by atoms with van der Waals surface area (Å²) in [4.78, 5) is 1.17. The molecule has 0 radical (unpaired) electrons. The van der Waals surface area contributed by atoms with Crippen LogP contribution in [0.5, 0.6) is 0 Å². The minimum Gasteiger partial charge on any atom is -0.392 e. The summed E-state index contributed by atoms with van der Waals surface area (Å²) in [7, 11) is 0. The molecule has 0 fully saturated rings. The van der Waals surface area contributed by atoms with E-state index in [0.29, 0.717) is 6.54 Å². The summed E-state index contributed by atoms with van der Waals surface area (Å²) >= 11 is 10.8. The number of aliphatic hydroxyl groups excluding tert-OH is 1. The molecule has 0 bridgehead atoms. The molecule has 1 rings (SSSR count). The van der Waals surface area contributed by atoms with Gasteiger partial charge in [-0.1, -0.05) is 18.5 Å². The molecule has 0 saturated carbocycles. The molecule has 0 aliphatic rings. The predicted molar refractivity (Wildman–Crippen MR) is 65.0 cm³/mol. The first-order chi connectivity index (χ1) is 6.63. The van der Waals surface area contributed by atoms with E-state index in [2.05, 4.69) is 21.2 Å². The van der Waals surface area contributed by atoms with Crippen molar-refractivity contribution in [3.8, 4) is 0 Å². The molecule has 0 aromatic carbocycles. The van der Waals surface area contributed by atoms with Crippen LogP contribution < -0.4 is 5.32 Å². The molecule has 1 unspecified atom stereocenters. The minimum absolute atomic E-state index is 0.256. The van der Waals surface area contributed by atoms with Crippen LogP contribution >= 0.6 is 38.9 Å². The van der Waals surface area contributed by atoms with Gasteiger partial charge in [0.25, 0.3) is 0 Å². The van der Waals surface area contributed by atoms with Gasteiger partial charge in [0.2, 0.25) is 0 Å². The molecule has 14 heavy (non-hydrogen) atoms. The number of hydrogen-bond donors (Lipinski definition) is 2. The van der Waals surface area contributed by atoms with E-state index in [-0.39, 0.29) is 6.10 Å². The fraction of sp³-hybridized carbons (Fsp3) is 0.556. The van der Waals surface area contributed by atoms with Crippen LogP contribution in [0.3, 0.4) is 0 Å². The van der Waals surface area contributed by atoms with Gasteiger partial charge in [-0.15, -0.1) is 11.3 Å². The summed E-state index contributed by atoms with van der Waals surface area (Å²) in [6.07, 6.45) is 0.524. The van der Waals surface area contributed by atoms with Crippen LogP contribution in [0.15, 0.2) is 10.5 Å². The molecular formula is C9H13BrClNOS. The van der Waals surface area contributed by atoms with Crippen molar-refractivity contribution < 1.29 is 5.11 Å². The van der Waals surface area contributed by atoms with E-state index in [4.69, 9.17) is 11.6 Å². The minimum atomic E-state index is -0.256. The van der Waals surface area contributed by atoms with Crippen LogP contribution in [0.4, 0.5) is 0 Å². The summed E-state index contributed by atoms with van der Waals surface area (Å²) in [6.45, 7) is 3.35. The van der Waals surface area contributed by atoms with Gasteiger partial charge in [0, 0.05) is 22.4 Å². The van der Waals surface area contributed by atoms with E-state index in [0.717, 1.165) is 21.8 Å². The van der Waals surface area contributed by atoms with Crippen LogP contribution in [0, 0.1) is 0 Å². The Morgan fingerprint density at radius 1 is 1.71 bits per heavy atom. The van der Waals surface area contributed by atoms with E-state index in [1.54, 1.807) is 11.3 Å². The van der Waals surface area contributed by atoms with Gasteiger partial charge in [-0.2, -0.15) is 0 Å². The Kier molecular flexibility index (Phi) is 5.41. The van der Waals surface area contributed by atoms with E-state index in [9.17, 15) is 5.11 Å². The highest BCUT2D eigenvalue weighted by Crippen LogP contribution is 2.31. The molecule has 5 heteroatoms. The molecule has 0 amide bonds. The number of halogens is 2. The van der Waals surface area contributed by atoms with Gasteiger partial charge in [0.1, 0.15) is 4.34 Å². The maximum Gasteiger partial charge on any atom is 0.107 e. The van der Waals surface area contributed by atoms with Gasteiger partial charge in [0.05, 0.1) is 6.10 Å². The number of nitrogens with one attached hydrogen (secondary N) is 1. The molecule has 1 aromatic heterocycles. The zero-order valence-corrected chi connectivity index (χ0v) is 11.0. The third-order valence-corrected chi connectivity index (χ3v) is 4.32. The second-order valence-corrected chi connectivity index (χ2v) is 5.62. The average Bonchev–Trinajstić information content (AvgIpc) is 2.46. The Hall–Kier alpha value is 0.390. The normalized spacial score (nSPS) is 13.1. The number of aliphatic hydroxyl groups is 1. The molecule has 1 aromatic rings. The van der Waals surface area contributed by atoms with E-state index < -0.39 is 0 Å². The largest absolute Gasteiger partial charge is 0.392 e. The summed E-state index contributed by atoms with van der Waals surface area (Å²) in [5.41, 5.74) is 0. The van der Waals surface area contributed by atoms with Crippen molar-refractivity contribution in [2.45, 2.75) is 26.0 Å². The second kappa shape index (κ2) is 6.08. The van der Waals surface area contributed by atoms with Crippen molar-refractivity contribution in [3.63, 3.8) is 0 Å². The quantitative estimate of drug-likeness (QED) is 0.876. The van der Waals surface area contributed by atoms with Crippen molar-refractivity contribution in [1.29, 1.82) is 0 Å². The Bertz CT molecular complexity index is 273. The molecule has 0 saturated heterocycles. The summed E-state index contributed by atoms with van der Waals surface area (Å²) < 4.78 is 1.72. The first-order valence-corrected chi connectivity index (χ1v) is 6.44. The van der Waals surface area contributed by atoms with Crippen LogP contribution in [-0.4, -0.2) is 17.8 Å². The van der Waals surface area contributed by atoms with E-state index >= 15 is 0 Å². The van der Waals surface area contributed by atoms with Crippen molar-refractivity contribution in [1.82, 2.24) is 5.32 Å². The Labute approximate surface area is 101 Å². The number of thiophene rings is 1. The topological polar surface area (TPSA) is 32.3 Å². The first kappa shape index (κ1) is 12.5. The molecule has 2 nitrogen and oxygen atoms in total. The fourth-order valence-electron chi connectivity index (χ4n) is 0.985. The third-order valence-electron chi connectivity index (χ3n) is 1.85. The van der Waals surface area contributed by atoms with E-state index in [1.807, 2.05) is 13.0 Å². The smallest absolute Gasteiger partial charge is 0.107 e. The molecule has 0 aliphatic heterocycles. The highest BCUT2D eigenvalue weighted by Gasteiger charge is 2.05. The van der Waals surface area contributed by atoms with Crippen molar-refractivity contribution >= 4 is 38.9 Å². The summed E-state index contributed by atoms with van der Waals surface area (Å²) in [6, 6.07) is 2.00. The van der Waals surface area contributed by atoms with Crippen molar-refractivity contribution in [3.05, 3.63) is 19.8 Å². The van der Waals surface area contributed by atoms with Gasteiger partial charge in [-0.25, -0.2) is 0 Å². The summed E-state index contributed by atoms with van der Waals surface area (Å²) in [5.74, 6) is 0. The number of hydrogen-bond acceptors (Lipinski definition) is 3. The third kappa shape index (κ3) is 3.87. The Balaban J connectivity index is 2.31. The standard InChI is InChI=1S/C9H13BrClNOS/c1-2-6(13)4-12-5-7-3-8(10)9(11)14-7/h3,6,12-13H,2,4-5H2,1H3. The van der Waals surface area contributed by atoms with Gasteiger partial charge in [0.15, 0.2) is 0 Å². The molecule has 0 spiro atoms. The van der Waals surface area contributed by atoms with Gasteiger partial charge in [-0.3, -0.25) is 0 Å². The summed E-state index contributed by atoms with van der Waals surface area (Å²) in [5, 5.41) is 12.5. The second-order valence-electron chi connectivity index (χ2n) is 3.03. The SMILES string of the molecule is CCC(O)CNCc1cc(Br)c(Cl)s1. The van der Waals surface area contributed by atoms with Gasteiger partial charge >= 0.3 is 0 Å². The Morgan fingerprint density at radius 2 is 2.43 bits per heavy atom. The maximum absolute atomic E-state index is 9.30. The first-order valence-electron chi connectivity index (χ1n) is 4.46. The lowest BCUT2D eigenvalue weighted by molar-refractivity contribution is 0.167. The molecule has 2 N–H and O–H groups in total. The molecular weight excluding hydrogens is 286 g/mol. The molecule has 1 heterocycles. The highest BCUT2D eigenvalue weighted by molar-refractivity contribution is 9.10. The lowest BCUT2D eigenvalue weighted by atomic mass is 10.3. The fourth-order valence-corrected chi connectivity index (χ4v) is 2.74. The number of rotatable bonds is 5. The van der Waals surface area contributed by atoms with Gasteiger partial charge < -0.3 is 10.4 Å². The Morgan fingerprint density at radius 3 is 2.93 bits per heavy atom. The lowest BCUT2D eigenvalue weighted by Gasteiger charge is -2.07. The van der Waals surface area contributed by atoms with Gasteiger partial charge in [-0.05, 0) is 28.4 Å². The monoisotopic (exact) mass is 297 g/mol. The molecule has 80 valence electrons. The zero-order valence-electron chi connectivity index (χ0n) is 7.89. The van der Waals surface area contributed by atoms with Crippen molar-refractivity contribution in [2.75, 3.05) is 6.54 Å².